The number of nitrogens with zero attached hydrogens (tertiary/aromatic N) is 1. The van der Waals surface area contributed by atoms with Gasteiger partial charge in [-0.1, -0.05) is 13.0 Å². The molecular weight excluding hydrogens is 592 g/mol. The summed E-state index contributed by atoms with van der Waals surface area (Å²) < 4.78 is 90.3. The Kier molecular flexibility index (Phi) is 11.2. The topological polar surface area (TPSA) is 60.8 Å². The number of fused-ring (bicyclic) bond motifs is 5. The lowest BCUT2D eigenvalue weighted by atomic mass is 9.52. The molecule has 1 aromatic rings. The summed E-state index contributed by atoms with van der Waals surface area (Å²) in [5.74, 6) is -3.34. The average Bonchev–Trinajstić information content (AvgIpc) is 3.21. The molecule has 0 saturated heterocycles. The van der Waals surface area contributed by atoms with E-state index in [1.54, 1.807) is 6.07 Å². The summed E-state index contributed by atoms with van der Waals surface area (Å²) in [6.45, 7) is 3.43. The molecule has 0 bridgehead atoms. The van der Waals surface area contributed by atoms with Crippen molar-refractivity contribution in [2.75, 3.05) is 31.6 Å². The molecule has 3 aliphatic carbocycles. The fourth-order valence-electron chi connectivity index (χ4n) is 8.31. The van der Waals surface area contributed by atoms with E-state index in [0.717, 1.165) is 37.7 Å². The largest absolute Gasteiger partial charge is 0.508 e. The molecular formula is C32H47F6NO3S. The Balaban J connectivity index is 1.22. The quantitative estimate of drug-likeness (QED) is 0.209. The average molecular weight is 640 g/mol. The fraction of sp³-hybridized carbons (Fsp3) is 0.812. The summed E-state index contributed by atoms with van der Waals surface area (Å²) in [6, 6.07) is 5.62. The molecule has 11 heteroatoms. The molecule has 4 rings (SSSR count). The van der Waals surface area contributed by atoms with Gasteiger partial charge in [-0.2, -0.15) is 22.0 Å². The van der Waals surface area contributed by atoms with E-state index in [0.29, 0.717) is 56.5 Å². The number of halogens is 6. The first-order valence-corrected chi connectivity index (χ1v) is 17.2. The van der Waals surface area contributed by atoms with Gasteiger partial charge >= 0.3 is 12.1 Å². The first-order valence-electron chi connectivity index (χ1n) is 15.7. The van der Waals surface area contributed by atoms with Gasteiger partial charge in [0.05, 0.1) is 6.10 Å². The first kappa shape index (κ1) is 34.5. The minimum absolute atomic E-state index is 0.125. The van der Waals surface area contributed by atoms with E-state index in [1.807, 2.05) is 24.1 Å². The highest BCUT2D eigenvalue weighted by Gasteiger charge is 2.57. The summed E-state index contributed by atoms with van der Waals surface area (Å²) in [6.07, 6.45) is -2.23. The molecule has 0 aromatic heterocycles. The summed E-state index contributed by atoms with van der Waals surface area (Å²) >= 11 is 0. The lowest BCUT2D eigenvalue weighted by Crippen LogP contribution is -2.47. The van der Waals surface area contributed by atoms with E-state index in [2.05, 4.69) is 6.92 Å². The van der Waals surface area contributed by atoms with Crippen LogP contribution in [-0.2, 0) is 17.2 Å². The predicted molar refractivity (Wildman–Crippen MR) is 157 cm³/mol. The number of phenols is 1. The molecule has 0 radical (unpaired) electrons. The van der Waals surface area contributed by atoms with Crippen LogP contribution in [0.3, 0.4) is 0 Å². The minimum atomic E-state index is -5.58. The van der Waals surface area contributed by atoms with Gasteiger partial charge in [0, 0.05) is 28.7 Å². The Morgan fingerprint density at radius 2 is 1.77 bits per heavy atom. The van der Waals surface area contributed by atoms with E-state index in [4.69, 9.17) is 0 Å². The number of phenolic OH excluding ortho intramolecular Hbond substituents is 1. The van der Waals surface area contributed by atoms with Crippen LogP contribution in [0.15, 0.2) is 18.2 Å². The summed E-state index contributed by atoms with van der Waals surface area (Å²) in [4.78, 5) is 2.00. The van der Waals surface area contributed by atoms with Crippen LogP contribution in [0.5, 0.6) is 5.75 Å². The van der Waals surface area contributed by atoms with E-state index in [9.17, 15) is 36.4 Å². The monoisotopic (exact) mass is 639 g/mol. The van der Waals surface area contributed by atoms with Crippen LogP contribution in [0, 0.1) is 23.2 Å². The smallest absolute Gasteiger partial charge is 0.453 e. The molecule has 43 heavy (non-hydrogen) atoms. The number of aromatic hydroxyl groups is 1. The third kappa shape index (κ3) is 8.10. The second kappa shape index (κ2) is 14.0. The Morgan fingerprint density at radius 1 is 1.07 bits per heavy atom. The summed E-state index contributed by atoms with van der Waals surface area (Å²) in [5, 5.41) is 21.0. The maximum absolute atomic E-state index is 15.5. The van der Waals surface area contributed by atoms with E-state index in [-0.39, 0.29) is 34.7 Å². The Bertz CT molecular complexity index is 1100. The van der Waals surface area contributed by atoms with Crippen molar-refractivity contribution in [3.63, 3.8) is 0 Å². The zero-order valence-corrected chi connectivity index (χ0v) is 26.0. The standard InChI is InChI=1S/C32H47F6NO3S/c1-30-13-11-26-25-8-7-24(40)20-21(25)18-22(29(26)27(30)9-10-28(30)41)19-23(33)6-3-14-39(2)15-5-17-43(42)16-4-12-31(34,35)32(36,37)38/h7-8,20,22-23,26-29,40-41H,3-6,9-19H2,1-2H3/t22-,23?,26+,27-,28-,29+,30-,43?/m0/s1. The third-order valence-electron chi connectivity index (χ3n) is 10.6. The first-order chi connectivity index (χ1) is 20.1. The molecule has 2 unspecified atom stereocenters. The molecule has 0 amide bonds. The van der Waals surface area contributed by atoms with E-state index >= 15 is 4.39 Å². The van der Waals surface area contributed by atoms with Crippen molar-refractivity contribution in [3.05, 3.63) is 29.3 Å². The Morgan fingerprint density at radius 3 is 2.49 bits per heavy atom. The number of hydrogen-bond donors (Lipinski definition) is 2. The normalized spacial score (nSPS) is 30.5. The van der Waals surface area contributed by atoms with Crippen molar-refractivity contribution in [2.24, 2.45) is 23.2 Å². The van der Waals surface area contributed by atoms with Gasteiger partial charge in [-0.25, -0.2) is 4.39 Å². The zero-order valence-electron chi connectivity index (χ0n) is 25.2. The van der Waals surface area contributed by atoms with E-state index < -0.39 is 41.9 Å². The third-order valence-corrected chi connectivity index (χ3v) is 12.1. The van der Waals surface area contributed by atoms with Gasteiger partial charge in [-0.3, -0.25) is 4.21 Å². The number of rotatable bonds is 14. The second-order valence-electron chi connectivity index (χ2n) is 13.6. The molecule has 2 N–H and O–H groups in total. The van der Waals surface area contributed by atoms with Crippen molar-refractivity contribution < 1.29 is 40.8 Å². The maximum Gasteiger partial charge on any atom is 0.453 e. The van der Waals surface area contributed by atoms with Crippen molar-refractivity contribution in [1.29, 1.82) is 0 Å². The molecule has 2 saturated carbocycles. The molecule has 8 atom stereocenters. The van der Waals surface area contributed by atoms with Gasteiger partial charge in [0.2, 0.25) is 0 Å². The van der Waals surface area contributed by atoms with Crippen LogP contribution >= 0.6 is 0 Å². The van der Waals surface area contributed by atoms with Gasteiger partial charge in [0.1, 0.15) is 11.9 Å². The molecule has 0 heterocycles. The number of alkyl halides is 6. The SMILES string of the molecule is CN(CCCC(F)C[C@@H]1Cc2cc(O)ccc2[C@H]2CC[C@]3(C)[C@@H](O)CC[C@H]3[C@H]12)CCCS(=O)CCCC(F)(F)C(F)(F)F. The lowest BCUT2D eigenvalue weighted by molar-refractivity contribution is -0.284. The van der Waals surface area contributed by atoms with Crippen LogP contribution in [0.1, 0.15) is 88.2 Å². The zero-order chi connectivity index (χ0) is 31.6. The van der Waals surface area contributed by atoms with Crippen LogP contribution in [0.4, 0.5) is 26.3 Å². The van der Waals surface area contributed by atoms with Gasteiger partial charge < -0.3 is 15.1 Å². The maximum atomic E-state index is 15.5. The molecule has 2 fully saturated rings. The predicted octanol–water partition coefficient (Wildman–Crippen LogP) is 7.39. The van der Waals surface area contributed by atoms with Crippen LogP contribution in [-0.4, -0.2) is 75.3 Å². The second-order valence-corrected chi connectivity index (χ2v) is 15.3. The number of benzene rings is 1. The molecule has 4 nitrogen and oxygen atoms in total. The molecule has 0 spiro atoms. The highest BCUT2D eigenvalue weighted by molar-refractivity contribution is 7.84. The van der Waals surface area contributed by atoms with Crippen molar-refractivity contribution in [2.45, 2.75) is 108 Å². The molecule has 3 aliphatic rings. The number of aliphatic hydroxyl groups is 1. The van der Waals surface area contributed by atoms with Gasteiger partial charge in [-0.05, 0) is 137 Å². The van der Waals surface area contributed by atoms with Crippen molar-refractivity contribution >= 4 is 10.8 Å². The van der Waals surface area contributed by atoms with E-state index in [1.165, 1.54) is 5.56 Å². The van der Waals surface area contributed by atoms with Crippen LogP contribution in [0.2, 0.25) is 0 Å². The molecule has 246 valence electrons. The lowest BCUT2D eigenvalue weighted by Gasteiger charge is -2.53. The highest BCUT2D eigenvalue weighted by Crippen LogP contribution is 2.62. The van der Waals surface area contributed by atoms with Crippen molar-refractivity contribution in [3.8, 4) is 5.75 Å². The Labute approximate surface area is 254 Å². The minimum Gasteiger partial charge on any atom is -0.508 e. The summed E-state index contributed by atoms with van der Waals surface area (Å²) in [5.41, 5.74) is 2.27. The van der Waals surface area contributed by atoms with Gasteiger partial charge in [0.15, 0.2) is 0 Å². The Hall–Kier alpha value is -1.33. The molecule has 1 aromatic carbocycles. The van der Waals surface area contributed by atoms with Crippen LogP contribution < -0.4 is 0 Å². The summed E-state index contributed by atoms with van der Waals surface area (Å²) in [7, 11) is 0.416. The van der Waals surface area contributed by atoms with Gasteiger partial charge in [0.25, 0.3) is 0 Å². The van der Waals surface area contributed by atoms with Crippen LogP contribution in [0.25, 0.3) is 0 Å². The highest BCUT2D eigenvalue weighted by atomic mass is 32.2. The van der Waals surface area contributed by atoms with Crippen molar-refractivity contribution in [1.82, 2.24) is 4.90 Å². The number of aliphatic hydroxyl groups excluding tert-OH is 1. The number of hydrogen-bond acceptors (Lipinski definition) is 4. The van der Waals surface area contributed by atoms with Gasteiger partial charge in [-0.15, -0.1) is 0 Å². The fourth-order valence-corrected chi connectivity index (χ4v) is 9.43. The molecule has 0 aliphatic heterocycles.